The van der Waals surface area contributed by atoms with E-state index in [9.17, 15) is 26.4 Å². The van der Waals surface area contributed by atoms with Gasteiger partial charge in [0, 0.05) is 47.8 Å². The van der Waals surface area contributed by atoms with Gasteiger partial charge in [0.05, 0.1) is 17.1 Å². The van der Waals surface area contributed by atoms with Gasteiger partial charge < -0.3 is 10.2 Å². The van der Waals surface area contributed by atoms with Gasteiger partial charge in [0.25, 0.3) is 15.9 Å². The molecule has 0 spiro atoms. The maximum absolute atomic E-state index is 13.2. The van der Waals surface area contributed by atoms with E-state index in [4.69, 9.17) is 23.2 Å². The second kappa shape index (κ2) is 10.5. The van der Waals surface area contributed by atoms with Crippen LogP contribution in [0.2, 0.25) is 10.0 Å². The van der Waals surface area contributed by atoms with Crippen LogP contribution in [0.4, 0.5) is 19.0 Å². The van der Waals surface area contributed by atoms with E-state index in [1.807, 2.05) is 0 Å². The first-order chi connectivity index (χ1) is 17.0. The minimum atomic E-state index is -4.62. The third-order valence-corrected chi connectivity index (χ3v) is 9.55. The lowest BCUT2D eigenvalue weighted by Gasteiger charge is -2.35. The smallest absolute Gasteiger partial charge is 0.353 e. The van der Waals surface area contributed by atoms with Crippen molar-refractivity contribution in [2.75, 3.05) is 31.1 Å². The van der Waals surface area contributed by atoms with Crippen molar-refractivity contribution in [2.45, 2.75) is 16.9 Å². The molecule has 1 fully saturated rings. The van der Waals surface area contributed by atoms with Crippen LogP contribution in [0.3, 0.4) is 0 Å². The van der Waals surface area contributed by atoms with Gasteiger partial charge in [-0.15, -0.1) is 11.3 Å². The fraction of sp³-hybridized carbons (Fsp3) is 0.273. The van der Waals surface area contributed by atoms with E-state index in [1.165, 1.54) is 15.3 Å². The highest BCUT2D eigenvalue weighted by molar-refractivity contribution is 7.91. The normalized spacial score (nSPS) is 15.2. The van der Waals surface area contributed by atoms with Crippen LogP contribution >= 0.6 is 34.5 Å². The summed E-state index contributed by atoms with van der Waals surface area (Å²) in [5, 5.41) is 2.74. The van der Waals surface area contributed by atoms with Crippen molar-refractivity contribution in [1.82, 2.24) is 14.6 Å². The average molecular weight is 579 g/mol. The van der Waals surface area contributed by atoms with Gasteiger partial charge in [-0.3, -0.25) is 4.79 Å². The number of amides is 1. The number of thiophene rings is 1. The molecule has 1 N–H and O–H groups in total. The van der Waals surface area contributed by atoms with Crippen molar-refractivity contribution in [3.63, 3.8) is 0 Å². The first kappa shape index (κ1) is 26.7. The van der Waals surface area contributed by atoms with E-state index in [-0.39, 0.29) is 48.7 Å². The maximum atomic E-state index is 13.2. The number of alkyl halides is 3. The number of nitrogens with one attached hydrogen (secondary N) is 1. The van der Waals surface area contributed by atoms with Crippen molar-refractivity contribution in [3.05, 3.63) is 74.7 Å². The van der Waals surface area contributed by atoms with Crippen molar-refractivity contribution in [1.29, 1.82) is 0 Å². The first-order valence-electron chi connectivity index (χ1n) is 10.6. The van der Waals surface area contributed by atoms with Gasteiger partial charge in [-0.25, -0.2) is 13.4 Å². The number of benzene rings is 1. The number of sulfonamides is 1. The molecule has 192 valence electrons. The zero-order valence-electron chi connectivity index (χ0n) is 18.4. The standard InChI is InChI=1S/C22H19Cl2F3N4O3S2/c23-15-3-1-14(2-4-15)21(32)29-13-16-5-6-18(35-16)36(33,34)31-11-9-30(10-12-31)20-19(24)17(7-8-28-20)22(25,26)27/h1-8H,9-13H2,(H,29,32). The summed E-state index contributed by atoms with van der Waals surface area (Å²) in [5.74, 6) is -0.346. The van der Waals surface area contributed by atoms with Crippen LogP contribution in [0, 0.1) is 0 Å². The fourth-order valence-electron chi connectivity index (χ4n) is 3.60. The topological polar surface area (TPSA) is 82.6 Å². The quantitative estimate of drug-likeness (QED) is 0.449. The van der Waals surface area contributed by atoms with Crippen LogP contribution < -0.4 is 10.2 Å². The molecule has 1 aliphatic heterocycles. The zero-order valence-corrected chi connectivity index (χ0v) is 21.6. The van der Waals surface area contributed by atoms with Crippen LogP contribution in [0.25, 0.3) is 0 Å². The SMILES string of the molecule is O=C(NCc1ccc(S(=O)(=O)N2CCN(c3nccc(C(F)(F)F)c3Cl)CC2)s1)c1ccc(Cl)cc1. The Hall–Kier alpha value is -2.38. The molecule has 1 aliphatic rings. The molecular weight excluding hydrogens is 560 g/mol. The van der Waals surface area contributed by atoms with Gasteiger partial charge in [0.2, 0.25) is 0 Å². The van der Waals surface area contributed by atoms with E-state index in [2.05, 4.69) is 10.3 Å². The van der Waals surface area contributed by atoms with Crippen LogP contribution in [-0.2, 0) is 22.7 Å². The van der Waals surface area contributed by atoms with E-state index in [1.54, 1.807) is 30.3 Å². The molecule has 0 saturated carbocycles. The van der Waals surface area contributed by atoms with Crippen LogP contribution in [0.5, 0.6) is 0 Å². The lowest BCUT2D eigenvalue weighted by atomic mass is 10.2. The average Bonchev–Trinajstić information content (AvgIpc) is 3.33. The molecule has 1 amide bonds. The van der Waals surface area contributed by atoms with E-state index in [0.717, 1.165) is 23.6 Å². The highest BCUT2D eigenvalue weighted by atomic mass is 35.5. The Morgan fingerprint density at radius 2 is 1.69 bits per heavy atom. The predicted molar refractivity (Wildman–Crippen MR) is 132 cm³/mol. The molecule has 36 heavy (non-hydrogen) atoms. The van der Waals surface area contributed by atoms with Gasteiger partial charge in [-0.2, -0.15) is 17.5 Å². The number of hydrogen-bond donors (Lipinski definition) is 1. The number of hydrogen-bond acceptors (Lipinski definition) is 6. The molecule has 0 aliphatic carbocycles. The summed E-state index contributed by atoms with van der Waals surface area (Å²) >= 11 is 12.8. The van der Waals surface area contributed by atoms with Gasteiger partial charge in [0.1, 0.15) is 10.0 Å². The van der Waals surface area contributed by atoms with Gasteiger partial charge in [0.15, 0.2) is 0 Å². The van der Waals surface area contributed by atoms with Crippen molar-refractivity contribution in [3.8, 4) is 0 Å². The molecule has 0 radical (unpaired) electrons. The van der Waals surface area contributed by atoms with Crippen LogP contribution in [-0.4, -0.2) is 49.8 Å². The van der Waals surface area contributed by atoms with Crippen LogP contribution in [0.15, 0.2) is 52.9 Å². The number of carbonyl (C=O) groups excluding carboxylic acids is 1. The molecule has 0 atom stereocenters. The lowest BCUT2D eigenvalue weighted by molar-refractivity contribution is -0.137. The molecule has 7 nitrogen and oxygen atoms in total. The zero-order chi connectivity index (χ0) is 26.1. The summed E-state index contributed by atoms with van der Waals surface area (Å²) in [6, 6.07) is 10.3. The number of halogens is 5. The number of nitrogens with zero attached hydrogens (tertiary/aromatic N) is 3. The number of piperazine rings is 1. The van der Waals surface area contributed by atoms with Crippen molar-refractivity contribution >= 4 is 56.3 Å². The fourth-order valence-corrected chi connectivity index (χ4v) is 6.94. The monoisotopic (exact) mass is 578 g/mol. The minimum absolute atomic E-state index is 0.0293. The predicted octanol–water partition coefficient (Wildman–Crippen LogP) is 4.91. The summed E-state index contributed by atoms with van der Waals surface area (Å²) in [6.07, 6.45) is -3.59. The summed E-state index contributed by atoms with van der Waals surface area (Å²) in [5.41, 5.74) is -0.560. The first-order valence-corrected chi connectivity index (χ1v) is 13.6. The summed E-state index contributed by atoms with van der Waals surface area (Å²) < 4.78 is 67.1. The van der Waals surface area contributed by atoms with E-state index in [0.29, 0.717) is 15.5 Å². The van der Waals surface area contributed by atoms with E-state index < -0.39 is 26.8 Å². The Labute approximate surface area is 219 Å². The number of pyridine rings is 1. The molecule has 3 aromatic rings. The lowest BCUT2D eigenvalue weighted by Crippen LogP contribution is -2.48. The number of aromatic nitrogens is 1. The molecule has 0 unspecified atom stereocenters. The number of carbonyl (C=O) groups is 1. The van der Waals surface area contributed by atoms with E-state index >= 15 is 0 Å². The third kappa shape index (κ3) is 5.78. The second-order valence-electron chi connectivity index (χ2n) is 7.80. The summed E-state index contributed by atoms with van der Waals surface area (Å²) in [4.78, 5) is 18.4. The molecule has 14 heteroatoms. The molecule has 3 heterocycles. The molecular formula is C22H19Cl2F3N4O3S2. The summed E-state index contributed by atoms with van der Waals surface area (Å²) in [7, 11) is -3.82. The number of rotatable bonds is 6. The molecule has 1 saturated heterocycles. The van der Waals surface area contributed by atoms with Gasteiger partial charge >= 0.3 is 6.18 Å². The number of anilines is 1. The Morgan fingerprint density at radius 3 is 2.33 bits per heavy atom. The Kier molecular flexibility index (Phi) is 7.81. The Balaban J connectivity index is 1.38. The molecule has 2 aromatic heterocycles. The van der Waals surface area contributed by atoms with Crippen LogP contribution in [0.1, 0.15) is 20.8 Å². The third-order valence-electron chi connectivity index (χ3n) is 5.48. The second-order valence-corrected chi connectivity index (χ2v) is 11.9. The Morgan fingerprint density at radius 1 is 1.03 bits per heavy atom. The maximum Gasteiger partial charge on any atom is 0.418 e. The van der Waals surface area contributed by atoms with Gasteiger partial charge in [-0.05, 0) is 42.5 Å². The van der Waals surface area contributed by atoms with Gasteiger partial charge in [-0.1, -0.05) is 23.2 Å². The molecule has 1 aromatic carbocycles. The molecule has 4 rings (SSSR count). The minimum Gasteiger partial charge on any atom is -0.353 e. The molecule has 0 bridgehead atoms. The highest BCUT2D eigenvalue weighted by Crippen LogP contribution is 2.38. The summed E-state index contributed by atoms with van der Waals surface area (Å²) in [6.45, 7) is 0.509. The highest BCUT2D eigenvalue weighted by Gasteiger charge is 2.36. The Bertz CT molecular complexity index is 1360. The van der Waals surface area contributed by atoms with Crippen molar-refractivity contribution in [2.24, 2.45) is 0 Å². The largest absolute Gasteiger partial charge is 0.418 e. The van der Waals surface area contributed by atoms with Crippen molar-refractivity contribution < 1.29 is 26.4 Å².